The zero-order valence-corrected chi connectivity index (χ0v) is 17.9. The Morgan fingerprint density at radius 3 is 1.73 bits per heavy atom. The van der Waals surface area contributed by atoms with Crippen molar-refractivity contribution in [1.82, 2.24) is 9.80 Å². The van der Waals surface area contributed by atoms with E-state index in [1.54, 1.807) is 9.80 Å². The lowest BCUT2D eigenvalue weighted by Gasteiger charge is -2.27. The van der Waals surface area contributed by atoms with Crippen LogP contribution in [-0.4, -0.2) is 62.0 Å². The smallest absolute Gasteiger partial charge is 0.234 e. The topological polar surface area (TPSA) is 49.9 Å². The molecule has 26 heavy (non-hydrogen) atoms. The number of unbranched alkanes of at least 4 members (excludes halogenated alkanes) is 5. The zero-order valence-electron chi connectivity index (χ0n) is 17.9. The van der Waals surface area contributed by atoms with Crippen molar-refractivity contribution in [3.8, 4) is 0 Å². The molecule has 0 saturated carbocycles. The molecule has 0 atom stereocenters. The lowest BCUT2D eigenvalue weighted by molar-refractivity contribution is -0.146. The number of ether oxygens (including phenoxy) is 1. The van der Waals surface area contributed by atoms with E-state index in [4.69, 9.17) is 4.74 Å². The molecule has 0 heterocycles. The number of carbonyl (C=O) groups is 2. The molecule has 0 aliphatic heterocycles. The summed E-state index contributed by atoms with van der Waals surface area (Å²) >= 11 is 0. The highest BCUT2D eigenvalue weighted by Gasteiger charge is 2.30. The predicted octanol–water partition coefficient (Wildman–Crippen LogP) is 4.11. The molecular weight excluding hydrogens is 328 g/mol. The predicted molar refractivity (Wildman–Crippen MR) is 108 cm³/mol. The third-order valence-electron chi connectivity index (χ3n) is 4.78. The fourth-order valence-corrected chi connectivity index (χ4v) is 2.95. The van der Waals surface area contributed by atoms with Gasteiger partial charge in [0.25, 0.3) is 0 Å². The number of hydrogen-bond acceptors (Lipinski definition) is 3. The van der Waals surface area contributed by atoms with Gasteiger partial charge in [0.2, 0.25) is 11.8 Å². The highest BCUT2D eigenvalue weighted by atomic mass is 16.5. The third-order valence-corrected chi connectivity index (χ3v) is 4.78. The molecule has 0 spiro atoms. The molecule has 2 amide bonds. The molecule has 0 fully saturated rings. The van der Waals surface area contributed by atoms with Gasteiger partial charge in [-0.2, -0.15) is 0 Å². The van der Waals surface area contributed by atoms with Crippen LogP contribution in [0.5, 0.6) is 0 Å². The van der Waals surface area contributed by atoms with E-state index >= 15 is 0 Å². The Labute approximate surface area is 161 Å². The second-order valence-corrected chi connectivity index (χ2v) is 7.18. The van der Waals surface area contributed by atoms with E-state index in [1.165, 1.54) is 0 Å². The molecule has 0 aliphatic carbocycles. The summed E-state index contributed by atoms with van der Waals surface area (Å²) in [6.45, 7) is 9.25. The molecule has 0 aromatic carbocycles. The van der Waals surface area contributed by atoms with Gasteiger partial charge in [-0.1, -0.05) is 46.0 Å². The molecular formula is C21H42N2O3. The third kappa shape index (κ3) is 10.8. The Balaban J connectivity index is 4.62. The van der Waals surface area contributed by atoms with Gasteiger partial charge in [0.1, 0.15) is 5.92 Å². The molecule has 0 rings (SSSR count). The summed E-state index contributed by atoms with van der Waals surface area (Å²) in [4.78, 5) is 29.2. The Kier molecular flexibility index (Phi) is 15.4. The first-order chi connectivity index (χ1) is 12.5. The Morgan fingerprint density at radius 1 is 0.769 bits per heavy atom. The average molecular weight is 371 g/mol. The molecule has 0 bridgehead atoms. The van der Waals surface area contributed by atoms with Crippen molar-refractivity contribution >= 4 is 11.8 Å². The summed E-state index contributed by atoms with van der Waals surface area (Å²) in [7, 11) is 3.65. The van der Waals surface area contributed by atoms with E-state index in [0.717, 1.165) is 77.7 Å². The monoisotopic (exact) mass is 370 g/mol. The van der Waals surface area contributed by atoms with Gasteiger partial charge in [0, 0.05) is 40.4 Å². The molecule has 0 unspecified atom stereocenters. The van der Waals surface area contributed by atoms with Crippen LogP contribution in [0.3, 0.4) is 0 Å². The van der Waals surface area contributed by atoms with Crippen LogP contribution < -0.4 is 0 Å². The van der Waals surface area contributed by atoms with Crippen LogP contribution in [-0.2, 0) is 14.3 Å². The quantitative estimate of drug-likeness (QED) is 0.303. The van der Waals surface area contributed by atoms with E-state index in [-0.39, 0.29) is 11.8 Å². The largest absolute Gasteiger partial charge is 0.382 e. The fraction of sp³-hybridized carbons (Fsp3) is 0.905. The molecule has 0 aliphatic rings. The van der Waals surface area contributed by atoms with Crippen LogP contribution in [0, 0.1) is 5.92 Å². The van der Waals surface area contributed by atoms with Crippen LogP contribution in [0.15, 0.2) is 0 Å². The molecule has 0 aromatic rings. The average Bonchev–Trinajstić information content (AvgIpc) is 2.65. The Morgan fingerprint density at radius 2 is 1.27 bits per heavy atom. The number of hydrogen-bond donors (Lipinski definition) is 0. The van der Waals surface area contributed by atoms with Crippen LogP contribution in [0.2, 0.25) is 0 Å². The number of carbonyl (C=O) groups excluding carboxylic acids is 2. The van der Waals surface area contributed by atoms with Crippen LogP contribution in [0.1, 0.15) is 78.6 Å². The van der Waals surface area contributed by atoms with Gasteiger partial charge in [-0.25, -0.2) is 0 Å². The maximum atomic E-state index is 12.8. The first-order valence-corrected chi connectivity index (χ1v) is 10.6. The standard InChI is InChI=1S/C21H42N2O3/c1-6-9-16-22(4)20(24)19(21(25)23(5)17-10-7-2)15-13-11-12-14-18-26-8-3/h19H,6-18H2,1-5H3. The minimum absolute atomic E-state index is 0.0129. The second-order valence-electron chi connectivity index (χ2n) is 7.18. The fourth-order valence-electron chi connectivity index (χ4n) is 2.95. The first-order valence-electron chi connectivity index (χ1n) is 10.6. The molecule has 5 nitrogen and oxygen atoms in total. The van der Waals surface area contributed by atoms with Crippen molar-refractivity contribution in [3.05, 3.63) is 0 Å². The van der Waals surface area contributed by atoms with E-state index in [1.807, 2.05) is 21.0 Å². The van der Waals surface area contributed by atoms with Gasteiger partial charge >= 0.3 is 0 Å². The maximum Gasteiger partial charge on any atom is 0.234 e. The van der Waals surface area contributed by atoms with Crippen molar-refractivity contribution < 1.29 is 14.3 Å². The molecule has 0 aromatic heterocycles. The summed E-state index contributed by atoms with van der Waals surface area (Å²) in [6, 6.07) is 0. The van der Waals surface area contributed by atoms with Gasteiger partial charge in [-0.3, -0.25) is 9.59 Å². The zero-order chi connectivity index (χ0) is 19.8. The first kappa shape index (κ1) is 24.9. The molecule has 5 heteroatoms. The van der Waals surface area contributed by atoms with Crippen molar-refractivity contribution in [2.24, 2.45) is 5.92 Å². The summed E-state index contributed by atoms with van der Waals surface area (Å²) < 4.78 is 5.35. The van der Waals surface area contributed by atoms with E-state index in [9.17, 15) is 9.59 Å². The van der Waals surface area contributed by atoms with Crippen LogP contribution in [0.4, 0.5) is 0 Å². The number of rotatable bonds is 16. The molecule has 0 N–H and O–H groups in total. The normalized spacial score (nSPS) is 11.0. The van der Waals surface area contributed by atoms with Crippen molar-refractivity contribution in [2.45, 2.75) is 78.6 Å². The maximum absolute atomic E-state index is 12.8. The van der Waals surface area contributed by atoms with Gasteiger partial charge in [0.05, 0.1) is 0 Å². The summed E-state index contributed by atoms with van der Waals surface area (Å²) in [5, 5.41) is 0. The minimum atomic E-state index is -0.523. The Bertz CT molecular complexity index is 348. The summed E-state index contributed by atoms with van der Waals surface area (Å²) in [6.07, 6.45) is 8.80. The van der Waals surface area contributed by atoms with Gasteiger partial charge in [-0.05, 0) is 32.6 Å². The van der Waals surface area contributed by atoms with Crippen LogP contribution in [0.25, 0.3) is 0 Å². The second kappa shape index (κ2) is 16.1. The van der Waals surface area contributed by atoms with Crippen molar-refractivity contribution in [2.75, 3.05) is 40.4 Å². The SMILES string of the molecule is CCCCN(C)C(=O)C(CCCCCCOCC)C(=O)N(C)CCCC. The van der Waals surface area contributed by atoms with E-state index < -0.39 is 5.92 Å². The number of nitrogens with zero attached hydrogens (tertiary/aromatic N) is 2. The van der Waals surface area contributed by atoms with E-state index in [0.29, 0.717) is 6.42 Å². The van der Waals surface area contributed by atoms with Crippen LogP contribution >= 0.6 is 0 Å². The lowest BCUT2D eigenvalue weighted by atomic mass is 9.97. The number of amides is 2. The summed E-state index contributed by atoms with van der Waals surface area (Å²) in [5.41, 5.74) is 0. The molecule has 154 valence electrons. The van der Waals surface area contributed by atoms with Crippen molar-refractivity contribution in [1.29, 1.82) is 0 Å². The molecule has 0 saturated heterocycles. The highest BCUT2D eigenvalue weighted by molar-refractivity contribution is 6.00. The van der Waals surface area contributed by atoms with E-state index in [2.05, 4.69) is 13.8 Å². The Hall–Kier alpha value is -1.10. The van der Waals surface area contributed by atoms with Crippen molar-refractivity contribution in [3.63, 3.8) is 0 Å². The lowest BCUT2D eigenvalue weighted by Crippen LogP contribution is -2.43. The highest BCUT2D eigenvalue weighted by Crippen LogP contribution is 2.17. The minimum Gasteiger partial charge on any atom is -0.382 e. The van der Waals surface area contributed by atoms with Gasteiger partial charge in [0.15, 0.2) is 0 Å². The molecule has 0 radical (unpaired) electrons. The van der Waals surface area contributed by atoms with Gasteiger partial charge < -0.3 is 14.5 Å². The van der Waals surface area contributed by atoms with Gasteiger partial charge in [-0.15, -0.1) is 0 Å². The summed E-state index contributed by atoms with van der Waals surface area (Å²) in [5.74, 6) is -0.548.